The number of benzene rings is 1. The smallest absolute Gasteiger partial charge is 0.168 e. The molecule has 1 aliphatic rings. The van der Waals surface area contributed by atoms with Crippen LogP contribution in [0.15, 0.2) is 12.1 Å². The van der Waals surface area contributed by atoms with Crippen LogP contribution in [-0.2, 0) is 5.41 Å². The minimum atomic E-state index is -0.660. The molecule has 0 atom stereocenters. The Morgan fingerprint density at radius 3 is 2.53 bits per heavy atom. The van der Waals surface area contributed by atoms with Crippen LogP contribution in [-0.4, -0.2) is 13.7 Å². The third kappa shape index (κ3) is 1.59. The maximum atomic E-state index is 13.4. The Bertz CT molecular complexity index is 388. The minimum Gasteiger partial charge on any atom is -0.493 e. The fourth-order valence-corrected chi connectivity index (χ4v) is 1.90. The van der Waals surface area contributed by atoms with Gasteiger partial charge in [-0.05, 0) is 18.9 Å². The summed E-state index contributed by atoms with van der Waals surface area (Å²) >= 11 is 0. The molecule has 2 rings (SSSR count). The highest BCUT2D eigenvalue weighted by atomic mass is 19.1. The molecule has 1 aliphatic carbocycles. The summed E-state index contributed by atoms with van der Waals surface area (Å²) in [6.07, 6.45) is 1.73. The van der Waals surface area contributed by atoms with Gasteiger partial charge in [0, 0.05) is 23.6 Å². The number of ether oxygens (including phenoxy) is 1. The molecule has 82 valence electrons. The zero-order chi connectivity index (χ0) is 11.1. The average Bonchev–Trinajstić information content (AvgIpc) is 2.97. The van der Waals surface area contributed by atoms with Crippen molar-refractivity contribution in [3.63, 3.8) is 0 Å². The highest BCUT2D eigenvalue weighted by Gasteiger charge is 2.45. The first-order chi connectivity index (χ1) is 7.13. The van der Waals surface area contributed by atoms with Gasteiger partial charge in [-0.25, -0.2) is 8.78 Å². The van der Waals surface area contributed by atoms with Crippen molar-refractivity contribution in [2.75, 3.05) is 13.7 Å². The van der Waals surface area contributed by atoms with Gasteiger partial charge in [0.05, 0.1) is 7.11 Å². The summed E-state index contributed by atoms with van der Waals surface area (Å²) in [5, 5.41) is 0. The zero-order valence-corrected chi connectivity index (χ0v) is 8.52. The van der Waals surface area contributed by atoms with Gasteiger partial charge >= 0.3 is 0 Å². The first-order valence-corrected chi connectivity index (χ1v) is 4.86. The molecule has 2 N–H and O–H groups in total. The molecule has 2 nitrogen and oxygen atoms in total. The molecule has 1 saturated carbocycles. The van der Waals surface area contributed by atoms with Crippen LogP contribution in [0.3, 0.4) is 0 Å². The SMILES string of the molecule is COc1c(F)cc(F)cc1C1(CN)CC1. The summed E-state index contributed by atoms with van der Waals surface area (Å²) in [6, 6.07) is 2.15. The van der Waals surface area contributed by atoms with Crippen LogP contribution < -0.4 is 10.5 Å². The van der Waals surface area contributed by atoms with Gasteiger partial charge in [0.2, 0.25) is 0 Å². The predicted octanol–water partition coefficient (Wildman–Crippen LogP) is 1.96. The Kier molecular flexibility index (Phi) is 2.38. The normalized spacial score (nSPS) is 17.6. The highest BCUT2D eigenvalue weighted by molar-refractivity contribution is 5.45. The molecule has 0 radical (unpaired) electrons. The van der Waals surface area contributed by atoms with Gasteiger partial charge in [0.25, 0.3) is 0 Å². The standard InChI is InChI=1S/C11H13F2NO/c1-15-10-8(11(6-14)2-3-11)4-7(12)5-9(10)13/h4-5H,2-3,6,14H2,1H3. The Balaban J connectivity index is 2.54. The lowest BCUT2D eigenvalue weighted by Crippen LogP contribution is -2.21. The van der Waals surface area contributed by atoms with Crippen molar-refractivity contribution in [3.8, 4) is 5.75 Å². The van der Waals surface area contributed by atoms with Crippen molar-refractivity contribution in [1.29, 1.82) is 0 Å². The van der Waals surface area contributed by atoms with E-state index >= 15 is 0 Å². The molecule has 1 aromatic rings. The lowest BCUT2D eigenvalue weighted by atomic mass is 9.95. The van der Waals surface area contributed by atoms with E-state index in [1.807, 2.05) is 0 Å². The van der Waals surface area contributed by atoms with E-state index < -0.39 is 11.6 Å². The number of rotatable bonds is 3. The number of hydrogen-bond donors (Lipinski definition) is 1. The Morgan fingerprint density at radius 2 is 2.07 bits per heavy atom. The van der Waals surface area contributed by atoms with E-state index in [9.17, 15) is 8.78 Å². The summed E-state index contributed by atoms with van der Waals surface area (Å²) in [7, 11) is 1.38. The zero-order valence-electron chi connectivity index (χ0n) is 8.52. The molecule has 0 spiro atoms. The lowest BCUT2D eigenvalue weighted by molar-refractivity contribution is 0.373. The Morgan fingerprint density at radius 1 is 1.40 bits per heavy atom. The topological polar surface area (TPSA) is 35.2 Å². The number of methoxy groups -OCH3 is 1. The molecule has 0 unspecified atom stereocenters. The van der Waals surface area contributed by atoms with Gasteiger partial charge in [-0.2, -0.15) is 0 Å². The van der Waals surface area contributed by atoms with Crippen molar-refractivity contribution in [2.24, 2.45) is 5.73 Å². The highest BCUT2D eigenvalue weighted by Crippen LogP contribution is 2.51. The van der Waals surface area contributed by atoms with E-state index in [2.05, 4.69) is 0 Å². The molecule has 0 bridgehead atoms. The second kappa shape index (κ2) is 3.45. The molecule has 0 amide bonds. The van der Waals surface area contributed by atoms with E-state index in [1.54, 1.807) is 0 Å². The average molecular weight is 213 g/mol. The van der Waals surface area contributed by atoms with E-state index in [0.29, 0.717) is 12.1 Å². The first-order valence-electron chi connectivity index (χ1n) is 4.86. The van der Waals surface area contributed by atoms with E-state index in [0.717, 1.165) is 18.9 Å². The van der Waals surface area contributed by atoms with E-state index in [4.69, 9.17) is 10.5 Å². The van der Waals surface area contributed by atoms with Crippen LogP contribution in [0.5, 0.6) is 5.75 Å². The third-order valence-electron chi connectivity index (χ3n) is 3.03. The fraction of sp³-hybridized carbons (Fsp3) is 0.455. The largest absolute Gasteiger partial charge is 0.493 e. The van der Waals surface area contributed by atoms with Gasteiger partial charge in [0.1, 0.15) is 5.82 Å². The summed E-state index contributed by atoms with van der Waals surface area (Å²) in [6.45, 7) is 0.395. The Hall–Kier alpha value is -1.16. The van der Waals surface area contributed by atoms with Gasteiger partial charge < -0.3 is 10.5 Å². The summed E-state index contributed by atoms with van der Waals surface area (Å²) in [4.78, 5) is 0. The van der Waals surface area contributed by atoms with Crippen LogP contribution in [0.2, 0.25) is 0 Å². The number of hydrogen-bond acceptors (Lipinski definition) is 2. The fourth-order valence-electron chi connectivity index (χ4n) is 1.90. The second-order valence-corrected chi connectivity index (χ2v) is 3.95. The predicted molar refractivity (Wildman–Crippen MR) is 52.9 cm³/mol. The maximum Gasteiger partial charge on any atom is 0.168 e. The van der Waals surface area contributed by atoms with Crippen molar-refractivity contribution < 1.29 is 13.5 Å². The minimum absolute atomic E-state index is 0.124. The van der Waals surface area contributed by atoms with Gasteiger partial charge in [0.15, 0.2) is 11.6 Å². The molecule has 0 heterocycles. The summed E-state index contributed by atoms with van der Waals surface area (Å²) in [5.74, 6) is -1.12. The molecule has 0 aliphatic heterocycles. The number of halogens is 2. The van der Waals surface area contributed by atoms with Crippen LogP contribution in [0, 0.1) is 11.6 Å². The number of nitrogens with two attached hydrogens (primary N) is 1. The molecule has 4 heteroatoms. The maximum absolute atomic E-state index is 13.4. The molecule has 0 aromatic heterocycles. The van der Waals surface area contributed by atoms with Crippen molar-refractivity contribution >= 4 is 0 Å². The van der Waals surface area contributed by atoms with Crippen molar-refractivity contribution in [2.45, 2.75) is 18.3 Å². The molecule has 1 fully saturated rings. The van der Waals surface area contributed by atoms with Crippen LogP contribution in [0.1, 0.15) is 18.4 Å². The summed E-state index contributed by atoms with van der Waals surface area (Å²) < 4.78 is 31.5. The van der Waals surface area contributed by atoms with Gasteiger partial charge in [-0.1, -0.05) is 0 Å². The quantitative estimate of drug-likeness (QED) is 0.833. The first kappa shape index (κ1) is 10.4. The van der Waals surface area contributed by atoms with Crippen molar-refractivity contribution in [3.05, 3.63) is 29.3 Å². The van der Waals surface area contributed by atoms with Gasteiger partial charge in [-0.15, -0.1) is 0 Å². The van der Waals surface area contributed by atoms with Crippen molar-refractivity contribution in [1.82, 2.24) is 0 Å². The summed E-state index contributed by atoms with van der Waals surface area (Å²) in [5.41, 5.74) is 5.91. The van der Waals surface area contributed by atoms with Crippen LogP contribution in [0.4, 0.5) is 8.78 Å². The Labute approximate surface area is 87.0 Å². The van der Waals surface area contributed by atoms with Gasteiger partial charge in [-0.3, -0.25) is 0 Å². The molecular formula is C11H13F2NO. The lowest BCUT2D eigenvalue weighted by Gasteiger charge is -2.17. The molecular weight excluding hydrogens is 200 g/mol. The molecule has 15 heavy (non-hydrogen) atoms. The molecule has 0 saturated heterocycles. The van der Waals surface area contributed by atoms with Crippen LogP contribution in [0.25, 0.3) is 0 Å². The molecule has 1 aromatic carbocycles. The van der Waals surface area contributed by atoms with E-state index in [1.165, 1.54) is 13.2 Å². The van der Waals surface area contributed by atoms with Crippen LogP contribution >= 0.6 is 0 Å². The third-order valence-corrected chi connectivity index (χ3v) is 3.03. The second-order valence-electron chi connectivity index (χ2n) is 3.95. The van der Waals surface area contributed by atoms with E-state index in [-0.39, 0.29) is 11.2 Å². The monoisotopic (exact) mass is 213 g/mol.